The van der Waals surface area contributed by atoms with Gasteiger partial charge in [-0.25, -0.2) is 8.42 Å². The van der Waals surface area contributed by atoms with Gasteiger partial charge in [0.15, 0.2) is 11.5 Å². The van der Waals surface area contributed by atoms with Gasteiger partial charge in [0.05, 0.1) is 44.5 Å². The van der Waals surface area contributed by atoms with Crippen LogP contribution >= 0.6 is 0 Å². The van der Waals surface area contributed by atoms with E-state index >= 15 is 0 Å². The van der Waals surface area contributed by atoms with E-state index in [0.717, 1.165) is 22.0 Å². The molecule has 0 unspecified atom stereocenters. The third-order valence-electron chi connectivity index (χ3n) is 5.56. The van der Waals surface area contributed by atoms with Gasteiger partial charge in [-0.15, -0.1) is 0 Å². The van der Waals surface area contributed by atoms with E-state index in [0.29, 0.717) is 37.7 Å². The molecule has 1 fully saturated rings. The summed E-state index contributed by atoms with van der Waals surface area (Å²) in [4.78, 5) is 17.3. The van der Waals surface area contributed by atoms with Crippen LogP contribution in [-0.4, -0.2) is 80.0 Å². The summed E-state index contributed by atoms with van der Waals surface area (Å²) >= 11 is 0. The first-order valence-corrected chi connectivity index (χ1v) is 11.9. The number of hydrogen-bond donors (Lipinski definition) is 0. The standard InChI is InChI=1S/C22H29N3O6S/c1-23(32(5,27)28)18-15-21(31-4)20(30-3)14-16(18)22(26)25-12-10-24(11-13-25)17-8-6-7-9-19(17)29-2/h6-9,14-15H,10-13H2,1-5H3. The number of methoxy groups -OCH3 is 3. The van der Waals surface area contributed by atoms with Crippen molar-refractivity contribution in [1.82, 2.24) is 4.90 Å². The topological polar surface area (TPSA) is 88.6 Å². The first-order chi connectivity index (χ1) is 15.2. The Hall–Kier alpha value is -3.14. The fraction of sp³-hybridized carbons (Fsp3) is 0.409. The number of para-hydroxylation sites is 2. The number of sulfonamides is 1. The Labute approximate surface area is 189 Å². The maximum absolute atomic E-state index is 13.5. The van der Waals surface area contributed by atoms with Gasteiger partial charge < -0.3 is 24.0 Å². The lowest BCUT2D eigenvalue weighted by Gasteiger charge is -2.37. The second kappa shape index (κ2) is 9.56. The molecule has 0 aliphatic carbocycles. The zero-order valence-electron chi connectivity index (χ0n) is 19.0. The molecule has 174 valence electrons. The van der Waals surface area contributed by atoms with E-state index in [1.807, 2.05) is 24.3 Å². The fourth-order valence-electron chi connectivity index (χ4n) is 3.69. The number of hydrogen-bond acceptors (Lipinski definition) is 7. The summed E-state index contributed by atoms with van der Waals surface area (Å²) in [5.74, 6) is 1.21. The van der Waals surface area contributed by atoms with Crippen LogP contribution in [0.25, 0.3) is 0 Å². The van der Waals surface area contributed by atoms with Crippen LogP contribution in [0.3, 0.4) is 0 Å². The molecule has 1 heterocycles. The molecule has 9 nitrogen and oxygen atoms in total. The van der Waals surface area contributed by atoms with E-state index in [-0.39, 0.29) is 17.2 Å². The van der Waals surface area contributed by atoms with Crippen molar-refractivity contribution in [2.24, 2.45) is 0 Å². The van der Waals surface area contributed by atoms with E-state index in [2.05, 4.69) is 4.90 Å². The summed E-state index contributed by atoms with van der Waals surface area (Å²) in [5, 5.41) is 0. The predicted molar refractivity (Wildman–Crippen MR) is 124 cm³/mol. The zero-order valence-corrected chi connectivity index (χ0v) is 19.8. The summed E-state index contributed by atoms with van der Waals surface area (Å²) in [6.45, 7) is 2.20. The zero-order chi connectivity index (χ0) is 23.5. The molecule has 0 N–H and O–H groups in total. The number of anilines is 2. The normalized spacial score (nSPS) is 14.2. The highest BCUT2D eigenvalue weighted by Crippen LogP contribution is 2.36. The third-order valence-corrected chi connectivity index (χ3v) is 6.75. The fourth-order valence-corrected chi connectivity index (χ4v) is 4.20. The van der Waals surface area contributed by atoms with Crippen LogP contribution in [0, 0.1) is 0 Å². The Bertz CT molecular complexity index is 1080. The lowest BCUT2D eigenvalue weighted by molar-refractivity contribution is 0.0747. The molecule has 2 aromatic carbocycles. The molecule has 0 atom stereocenters. The number of ether oxygens (including phenoxy) is 3. The lowest BCUT2D eigenvalue weighted by atomic mass is 10.1. The summed E-state index contributed by atoms with van der Waals surface area (Å²) < 4.78 is 41.6. The van der Waals surface area contributed by atoms with E-state index < -0.39 is 10.0 Å². The molecule has 1 saturated heterocycles. The average Bonchev–Trinajstić information content (AvgIpc) is 2.81. The number of benzene rings is 2. The number of amides is 1. The molecule has 2 aromatic rings. The van der Waals surface area contributed by atoms with Crippen molar-refractivity contribution in [3.8, 4) is 17.2 Å². The van der Waals surface area contributed by atoms with Crippen molar-refractivity contribution in [2.45, 2.75) is 0 Å². The van der Waals surface area contributed by atoms with Crippen molar-refractivity contribution < 1.29 is 27.4 Å². The van der Waals surface area contributed by atoms with Crippen LogP contribution in [0.5, 0.6) is 17.2 Å². The van der Waals surface area contributed by atoms with Crippen molar-refractivity contribution in [3.63, 3.8) is 0 Å². The van der Waals surface area contributed by atoms with Crippen LogP contribution in [0.2, 0.25) is 0 Å². The number of piperazine rings is 1. The third kappa shape index (κ3) is 4.69. The molecule has 1 aliphatic heterocycles. The number of carbonyl (C=O) groups excluding carboxylic acids is 1. The maximum Gasteiger partial charge on any atom is 0.256 e. The molecule has 0 radical (unpaired) electrons. The SMILES string of the molecule is COc1cc(C(=O)N2CCN(c3ccccc3OC)CC2)c(N(C)S(C)(=O)=O)cc1OC. The van der Waals surface area contributed by atoms with Gasteiger partial charge >= 0.3 is 0 Å². The smallest absolute Gasteiger partial charge is 0.256 e. The van der Waals surface area contributed by atoms with Gasteiger partial charge in [-0.3, -0.25) is 9.10 Å². The maximum atomic E-state index is 13.5. The van der Waals surface area contributed by atoms with Crippen molar-refractivity contribution in [1.29, 1.82) is 0 Å². The molecule has 0 spiro atoms. The molecule has 32 heavy (non-hydrogen) atoms. The summed E-state index contributed by atoms with van der Waals surface area (Å²) in [7, 11) is 2.38. The summed E-state index contributed by atoms with van der Waals surface area (Å²) in [5.41, 5.74) is 1.45. The van der Waals surface area contributed by atoms with Gasteiger partial charge in [0.25, 0.3) is 5.91 Å². The van der Waals surface area contributed by atoms with Crippen molar-refractivity contribution in [2.75, 3.05) is 70.0 Å². The number of rotatable bonds is 7. The molecule has 0 aromatic heterocycles. The minimum atomic E-state index is -3.60. The molecule has 10 heteroatoms. The van der Waals surface area contributed by atoms with Crippen molar-refractivity contribution >= 4 is 27.3 Å². The van der Waals surface area contributed by atoms with E-state index in [1.165, 1.54) is 33.4 Å². The lowest BCUT2D eigenvalue weighted by Crippen LogP contribution is -2.49. The quantitative estimate of drug-likeness (QED) is 0.621. The van der Waals surface area contributed by atoms with Crippen LogP contribution < -0.4 is 23.4 Å². The molecule has 3 rings (SSSR count). The van der Waals surface area contributed by atoms with Gasteiger partial charge in [-0.1, -0.05) is 12.1 Å². The molecule has 0 saturated carbocycles. The second-order valence-electron chi connectivity index (χ2n) is 7.41. The second-order valence-corrected chi connectivity index (χ2v) is 9.42. The molecular weight excluding hydrogens is 434 g/mol. The highest BCUT2D eigenvalue weighted by molar-refractivity contribution is 7.92. The number of nitrogens with zero attached hydrogens (tertiary/aromatic N) is 3. The minimum Gasteiger partial charge on any atom is -0.495 e. The Kier molecular flexibility index (Phi) is 7.02. The van der Waals surface area contributed by atoms with Crippen LogP contribution in [-0.2, 0) is 10.0 Å². The van der Waals surface area contributed by atoms with Crippen LogP contribution in [0.1, 0.15) is 10.4 Å². The Morgan fingerprint density at radius 3 is 2.03 bits per heavy atom. The molecule has 1 amide bonds. The Morgan fingerprint density at radius 1 is 0.906 bits per heavy atom. The monoisotopic (exact) mass is 463 g/mol. The highest BCUT2D eigenvalue weighted by Gasteiger charge is 2.29. The molecule has 0 bridgehead atoms. The summed E-state index contributed by atoms with van der Waals surface area (Å²) in [6.07, 6.45) is 1.09. The number of carbonyl (C=O) groups is 1. The van der Waals surface area contributed by atoms with E-state index in [1.54, 1.807) is 12.0 Å². The first kappa shape index (κ1) is 23.5. The van der Waals surface area contributed by atoms with E-state index in [9.17, 15) is 13.2 Å². The Balaban J connectivity index is 1.89. The average molecular weight is 464 g/mol. The van der Waals surface area contributed by atoms with E-state index in [4.69, 9.17) is 14.2 Å². The van der Waals surface area contributed by atoms with Gasteiger partial charge in [-0.05, 0) is 18.2 Å². The van der Waals surface area contributed by atoms with Gasteiger partial charge in [0, 0.05) is 39.3 Å². The largest absolute Gasteiger partial charge is 0.495 e. The van der Waals surface area contributed by atoms with Gasteiger partial charge in [-0.2, -0.15) is 0 Å². The predicted octanol–water partition coefficient (Wildman–Crippen LogP) is 2.07. The molecular formula is C22H29N3O6S. The van der Waals surface area contributed by atoms with Gasteiger partial charge in [0.1, 0.15) is 5.75 Å². The van der Waals surface area contributed by atoms with Crippen molar-refractivity contribution in [3.05, 3.63) is 42.0 Å². The minimum absolute atomic E-state index is 0.237. The first-order valence-electron chi connectivity index (χ1n) is 10.1. The van der Waals surface area contributed by atoms with Crippen LogP contribution in [0.4, 0.5) is 11.4 Å². The Morgan fingerprint density at radius 2 is 1.47 bits per heavy atom. The van der Waals surface area contributed by atoms with Gasteiger partial charge in [0.2, 0.25) is 10.0 Å². The van der Waals surface area contributed by atoms with Crippen LogP contribution in [0.15, 0.2) is 36.4 Å². The molecule has 1 aliphatic rings. The highest BCUT2D eigenvalue weighted by atomic mass is 32.2. The summed E-state index contributed by atoms with van der Waals surface area (Å²) in [6, 6.07) is 10.8.